The van der Waals surface area contributed by atoms with Crippen molar-refractivity contribution >= 4 is 22.8 Å². The van der Waals surface area contributed by atoms with Crippen LogP contribution in [0.3, 0.4) is 0 Å². The van der Waals surface area contributed by atoms with Gasteiger partial charge < -0.3 is 10.1 Å². The zero-order valence-corrected chi connectivity index (χ0v) is 13.3. The normalized spacial score (nSPS) is 16.2. The van der Waals surface area contributed by atoms with E-state index in [9.17, 15) is 0 Å². The Morgan fingerprint density at radius 1 is 1.32 bits per heavy atom. The summed E-state index contributed by atoms with van der Waals surface area (Å²) in [7, 11) is 0. The van der Waals surface area contributed by atoms with E-state index in [1.54, 1.807) is 11.3 Å². The van der Waals surface area contributed by atoms with E-state index in [0.29, 0.717) is 6.04 Å². The van der Waals surface area contributed by atoms with Crippen LogP contribution in [-0.4, -0.2) is 33.9 Å². The molecule has 1 N–H and O–H groups in total. The maximum atomic E-state index is 5.40. The van der Waals surface area contributed by atoms with Crippen molar-refractivity contribution in [2.24, 2.45) is 0 Å². The molecule has 0 amide bonds. The molecular formula is C16H18N4OS. The third-order valence-electron chi connectivity index (χ3n) is 3.92. The van der Waals surface area contributed by atoms with Crippen molar-refractivity contribution < 1.29 is 4.74 Å². The molecule has 0 aromatic carbocycles. The second kappa shape index (κ2) is 5.70. The van der Waals surface area contributed by atoms with Gasteiger partial charge >= 0.3 is 0 Å². The highest BCUT2D eigenvalue weighted by Gasteiger charge is 2.15. The summed E-state index contributed by atoms with van der Waals surface area (Å²) in [5.41, 5.74) is 3.19. The van der Waals surface area contributed by atoms with Gasteiger partial charge in [0.15, 0.2) is 5.65 Å². The zero-order valence-electron chi connectivity index (χ0n) is 12.5. The van der Waals surface area contributed by atoms with Gasteiger partial charge in [-0.15, -0.1) is 16.4 Å². The van der Waals surface area contributed by atoms with E-state index in [2.05, 4.69) is 28.7 Å². The Morgan fingerprint density at radius 3 is 2.95 bits per heavy atom. The molecule has 0 saturated carbocycles. The van der Waals surface area contributed by atoms with Crippen LogP contribution in [0.25, 0.3) is 16.2 Å². The lowest BCUT2D eigenvalue weighted by Gasteiger charge is -2.23. The van der Waals surface area contributed by atoms with Gasteiger partial charge in [0.2, 0.25) is 0 Å². The average Bonchev–Trinajstić information content (AvgIpc) is 3.14. The molecule has 4 rings (SSSR count). The molecule has 1 fully saturated rings. The van der Waals surface area contributed by atoms with Gasteiger partial charge in [-0.05, 0) is 48.9 Å². The number of aryl methyl sites for hydroxylation is 1. The van der Waals surface area contributed by atoms with Crippen LogP contribution in [-0.2, 0) is 4.74 Å². The van der Waals surface area contributed by atoms with Crippen molar-refractivity contribution in [3.8, 4) is 10.6 Å². The highest BCUT2D eigenvalue weighted by atomic mass is 32.1. The van der Waals surface area contributed by atoms with Gasteiger partial charge in [0, 0.05) is 19.3 Å². The molecule has 1 aliphatic heterocycles. The van der Waals surface area contributed by atoms with Crippen LogP contribution < -0.4 is 5.32 Å². The predicted molar refractivity (Wildman–Crippen MR) is 88.5 cm³/mol. The summed E-state index contributed by atoms with van der Waals surface area (Å²) in [4.78, 5) is 5.65. The standard InChI is InChI=1S/C16H18N4OS/c1-11-8-14(22-10-11)13-9-17-16-3-2-15(19-20(13)16)18-12-4-6-21-7-5-12/h2-3,8-10,12H,4-7H2,1H3,(H,18,19). The number of rotatable bonds is 3. The molecule has 114 valence electrons. The second-order valence-electron chi connectivity index (χ2n) is 5.65. The van der Waals surface area contributed by atoms with Crippen molar-refractivity contribution in [2.45, 2.75) is 25.8 Å². The van der Waals surface area contributed by atoms with Gasteiger partial charge in [0.1, 0.15) is 11.5 Å². The minimum Gasteiger partial charge on any atom is -0.381 e. The van der Waals surface area contributed by atoms with Crippen LogP contribution in [0.1, 0.15) is 18.4 Å². The summed E-state index contributed by atoms with van der Waals surface area (Å²) in [5, 5.41) is 10.4. The van der Waals surface area contributed by atoms with Gasteiger partial charge in [-0.2, -0.15) is 0 Å². The minimum absolute atomic E-state index is 0.439. The first-order valence-electron chi connectivity index (χ1n) is 7.54. The summed E-state index contributed by atoms with van der Waals surface area (Å²) in [5.74, 6) is 0.895. The summed E-state index contributed by atoms with van der Waals surface area (Å²) in [6.07, 6.45) is 3.95. The first kappa shape index (κ1) is 13.7. The van der Waals surface area contributed by atoms with Gasteiger partial charge in [-0.25, -0.2) is 9.50 Å². The Balaban J connectivity index is 1.67. The smallest absolute Gasteiger partial charge is 0.154 e. The number of hydrogen-bond donors (Lipinski definition) is 1. The molecule has 1 aliphatic rings. The monoisotopic (exact) mass is 314 g/mol. The zero-order chi connectivity index (χ0) is 14.9. The van der Waals surface area contributed by atoms with Crippen molar-refractivity contribution in [1.29, 1.82) is 0 Å². The molecule has 3 aromatic heterocycles. The van der Waals surface area contributed by atoms with Crippen molar-refractivity contribution in [3.05, 3.63) is 35.3 Å². The Labute approximate surface area is 133 Å². The van der Waals surface area contributed by atoms with E-state index in [0.717, 1.165) is 43.2 Å². The molecule has 0 radical (unpaired) electrons. The fourth-order valence-corrected chi connectivity index (χ4v) is 3.63. The third kappa shape index (κ3) is 2.60. The predicted octanol–water partition coefficient (Wildman–Crippen LogP) is 3.36. The Bertz CT molecular complexity index is 788. The first-order chi connectivity index (χ1) is 10.8. The maximum Gasteiger partial charge on any atom is 0.154 e. The second-order valence-corrected chi connectivity index (χ2v) is 6.56. The largest absolute Gasteiger partial charge is 0.381 e. The quantitative estimate of drug-likeness (QED) is 0.805. The molecule has 0 spiro atoms. The molecule has 0 unspecified atom stereocenters. The molecular weight excluding hydrogens is 296 g/mol. The molecule has 3 aromatic rings. The third-order valence-corrected chi connectivity index (χ3v) is 4.99. The number of imidazole rings is 1. The lowest BCUT2D eigenvalue weighted by Crippen LogP contribution is -2.28. The van der Waals surface area contributed by atoms with Crippen LogP contribution in [0.15, 0.2) is 29.8 Å². The number of aromatic nitrogens is 3. The SMILES string of the molecule is Cc1csc(-c2cnc3ccc(NC4CCOCC4)nn23)c1. The average molecular weight is 314 g/mol. The van der Waals surface area contributed by atoms with Crippen molar-refractivity contribution in [1.82, 2.24) is 14.6 Å². The van der Waals surface area contributed by atoms with Crippen LogP contribution in [0.2, 0.25) is 0 Å². The lowest BCUT2D eigenvalue weighted by molar-refractivity contribution is 0.0903. The molecule has 6 heteroatoms. The van der Waals surface area contributed by atoms with Gasteiger partial charge in [-0.3, -0.25) is 0 Å². The van der Waals surface area contributed by atoms with Crippen LogP contribution >= 0.6 is 11.3 Å². The molecule has 4 heterocycles. The number of nitrogens with zero attached hydrogens (tertiary/aromatic N) is 3. The Kier molecular flexibility index (Phi) is 3.56. The van der Waals surface area contributed by atoms with Crippen molar-refractivity contribution in [3.63, 3.8) is 0 Å². The molecule has 0 bridgehead atoms. The summed E-state index contributed by atoms with van der Waals surface area (Å²) < 4.78 is 7.32. The number of nitrogens with one attached hydrogen (secondary N) is 1. The fourth-order valence-electron chi connectivity index (χ4n) is 2.73. The van der Waals surface area contributed by atoms with Crippen LogP contribution in [0, 0.1) is 6.92 Å². The molecule has 22 heavy (non-hydrogen) atoms. The molecule has 0 aliphatic carbocycles. The highest BCUT2D eigenvalue weighted by Crippen LogP contribution is 2.27. The molecule has 0 atom stereocenters. The Hall–Kier alpha value is -1.92. The highest BCUT2D eigenvalue weighted by molar-refractivity contribution is 7.13. The summed E-state index contributed by atoms with van der Waals surface area (Å²) in [6, 6.07) is 6.63. The Morgan fingerprint density at radius 2 is 2.18 bits per heavy atom. The van der Waals surface area contributed by atoms with Crippen LogP contribution in [0.5, 0.6) is 0 Å². The van der Waals surface area contributed by atoms with E-state index < -0.39 is 0 Å². The summed E-state index contributed by atoms with van der Waals surface area (Å²) >= 11 is 1.73. The van der Waals surface area contributed by atoms with E-state index in [4.69, 9.17) is 9.84 Å². The minimum atomic E-state index is 0.439. The number of hydrogen-bond acceptors (Lipinski definition) is 5. The van der Waals surface area contributed by atoms with E-state index in [1.807, 2.05) is 22.8 Å². The number of fused-ring (bicyclic) bond motifs is 1. The van der Waals surface area contributed by atoms with Gasteiger partial charge in [0.05, 0.1) is 11.1 Å². The van der Waals surface area contributed by atoms with Crippen molar-refractivity contribution in [2.75, 3.05) is 18.5 Å². The van der Waals surface area contributed by atoms with Gasteiger partial charge in [-0.1, -0.05) is 0 Å². The maximum absolute atomic E-state index is 5.40. The summed E-state index contributed by atoms with van der Waals surface area (Å²) in [6.45, 7) is 3.75. The number of anilines is 1. The van der Waals surface area contributed by atoms with Crippen LogP contribution in [0.4, 0.5) is 5.82 Å². The first-order valence-corrected chi connectivity index (χ1v) is 8.42. The molecule has 1 saturated heterocycles. The molecule has 5 nitrogen and oxygen atoms in total. The van der Waals surface area contributed by atoms with E-state index in [1.165, 1.54) is 10.4 Å². The fraction of sp³-hybridized carbons (Fsp3) is 0.375. The lowest BCUT2D eigenvalue weighted by atomic mass is 10.1. The van der Waals surface area contributed by atoms with E-state index in [-0.39, 0.29) is 0 Å². The topological polar surface area (TPSA) is 51.5 Å². The number of ether oxygens (including phenoxy) is 1. The van der Waals surface area contributed by atoms with Gasteiger partial charge in [0.25, 0.3) is 0 Å². The number of thiophene rings is 1. The van der Waals surface area contributed by atoms with E-state index >= 15 is 0 Å².